The number of benzene rings is 1. The number of nitrogens with zero attached hydrogens (tertiary/aromatic N) is 1. The van der Waals surface area contributed by atoms with Crippen molar-refractivity contribution in [3.05, 3.63) is 74.8 Å². The number of pyridine rings is 1. The van der Waals surface area contributed by atoms with Gasteiger partial charge in [0.25, 0.3) is 0 Å². The fraction of sp³-hybridized carbons (Fsp3) is 0.385. The Labute approximate surface area is 188 Å². The zero-order chi connectivity index (χ0) is 23.6. The van der Waals surface area contributed by atoms with Crippen molar-refractivity contribution in [1.29, 1.82) is 0 Å². The van der Waals surface area contributed by atoms with Crippen LogP contribution in [0.4, 0.5) is 0 Å². The van der Waals surface area contributed by atoms with Crippen molar-refractivity contribution in [2.24, 2.45) is 7.05 Å². The van der Waals surface area contributed by atoms with E-state index < -0.39 is 17.1 Å². The predicted octanol–water partition coefficient (Wildman–Crippen LogP) is 4.92. The Kier molecular flexibility index (Phi) is 6.74. The molecule has 0 radical (unpaired) electrons. The highest BCUT2D eigenvalue weighted by Gasteiger charge is 2.51. The van der Waals surface area contributed by atoms with Crippen molar-refractivity contribution in [2.45, 2.75) is 45.6 Å². The van der Waals surface area contributed by atoms with Gasteiger partial charge in [-0.2, -0.15) is 0 Å². The van der Waals surface area contributed by atoms with Crippen LogP contribution in [-0.4, -0.2) is 29.7 Å². The van der Waals surface area contributed by atoms with Gasteiger partial charge in [0.1, 0.15) is 0 Å². The second kappa shape index (κ2) is 9.17. The van der Waals surface area contributed by atoms with E-state index in [0.717, 1.165) is 18.4 Å². The van der Waals surface area contributed by atoms with Gasteiger partial charge in [0.2, 0.25) is 17.0 Å². The van der Waals surface area contributed by atoms with Gasteiger partial charge >= 0.3 is 0 Å². The molecule has 1 unspecified atom stereocenters. The SMILES string of the molecule is COC1=C(O)c2c(n(C)c3ccccc3c2=O)C(CC=C(C)CCC=C(C)C)(OC)C1=O. The zero-order valence-corrected chi connectivity index (χ0v) is 19.6. The molecular weight excluding hydrogens is 406 g/mol. The first-order valence-corrected chi connectivity index (χ1v) is 10.7. The number of carbonyl (C=O) groups is 1. The Morgan fingerprint density at radius 1 is 1.12 bits per heavy atom. The number of hydrogen-bond donors (Lipinski definition) is 1. The summed E-state index contributed by atoms with van der Waals surface area (Å²) in [7, 11) is 4.53. The largest absolute Gasteiger partial charge is 0.504 e. The maximum Gasteiger partial charge on any atom is 0.239 e. The second-order valence-electron chi connectivity index (χ2n) is 8.45. The van der Waals surface area contributed by atoms with Crippen LogP contribution in [0, 0.1) is 0 Å². The van der Waals surface area contributed by atoms with Gasteiger partial charge in [-0.15, -0.1) is 0 Å². The lowest BCUT2D eigenvalue weighted by atomic mass is 9.79. The summed E-state index contributed by atoms with van der Waals surface area (Å²) in [5, 5.41) is 11.3. The summed E-state index contributed by atoms with van der Waals surface area (Å²) >= 11 is 0. The summed E-state index contributed by atoms with van der Waals surface area (Å²) in [5.74, 6) is -1.22. The van der Waals surface area contributed by atoms with Gasteiger partial charge < -0.3 is 19.1 Å². The van der Waals surface area contributed by atoms with Crippen molar-refractivity contribution >= 4 is 22.4 Å². The number of hydrogen-bond acceptors (Lipinski definition) is 5. The van der Waals surface area contributed by atoms with Gasteiger partial charge in [0, 0.05) is 26.0 Å². The number of Topliss-reactive ketones (excluding diaryl/α,β-unsaturated/α-hetero) is 1. The van der Waals surface area contributed by atoms with Gasteiger partial charge in [-0.3, -0.25) is 9.59 Å². The monoisotopic (exact) mass is 437 g/mol. The number of ketones is 1. The highest BCUT2D eigenvalue weighted by atomic mass is 16.5. The average molecular weight is 438 g/mol. The molecular formula is C26H31NO5. The molecule has 0 spiro atoms. The predicted molar refractivity (Wildman–Crippen MR) is 126 cm³/mol. The Bertz CT molecular complexity index is 1210. The molecule has 1 atom stereocenters. The molecule has 1 heterocycles. The van der Waals surface area contributed by atoms with Crippen molar-refractivity contribution in [3.63, 3.8) is 0 Å². The Morgan fingerprint density at radius 3 is 2.44 bits per heavy atom. The number of aryl methyl sites for hydroxylation is 1. The van der Waals surface area contributed by atoms with E-state index in [1.807, 2.05) is 25.1 Å². The van der Waals surface area contributed by atoms with E-state index >= 15 is 0 Å². The van der Waals surface area contributed by atoms with E-state index in [-0.39, 0.29) is 23.2 Å². The number of carbonyl (C=O) groups excluding carboxylic acids is 1. The lowest BCUT2D eigenvalue weighted by molar-refractivity contribution is -0.142. The molecule has 2 aromatic rings. The molecule has 0 bridgehead atoms. The molecule has 1 aromatic heterocycles. The highest BCUT2D eigenvalue weighted by Crippen LogP contribution is 2.42. The zero-order valence-electron chi connectivity index (χ0n) is 19.6. The van der Waals surface area contributed by atoms with E-state index in [4.69, 9.17) is 9.47 Å². The minimum Gasteiger partial charge on any atom is -0.504 e. The van der Waals surface area contributed by atoms with Crippen LogP contribution in [0.5, 0.6) is 0 Å². The number of ether oxygens (including phenoxy) is 2. The van der Waals surface area contributed by atoms with Crippen LogP contribution in [0.1, 0.15) is 51.3 Å². The third kappa shape index (κ3) is 3.79. The van der Waals surface area contributed by atoms with Crippen LogP contribution >= 0.6 is 0 Å². The third-order valence-electron chi connectivity index (χ3n) is 6.10. The van der Waals surface area contributed by atoms with Crippen LogP contribution in [0.3, 0.4) is 0 Å². The molecule has 32 heavy (non-hydrogen) atoms. The van der Waals surface area contributed by atoms with Crippen LogP contribution in [-0.2, 0) is 26.9 Å². The molecule has 6 heteroatoms. The Balaban J connectivity index is 2.26. The number of fused-ring (bicyclic) bond motifs is 2. The first-order valence-electron chi connectivity index (χ1n) is 10.7. The van der Waals surface area contributed by atoms with Gasteiger partial charge in [-0.05, 0) is 45.7 Å². The number of aliphatic hydroxyl groups is 1. The normalized spacial score (nSPS) is 18.7. The van der Waals surface area contributed by atoms with Crippen molar-refractivity contribution in [2.75, 3.05) is 14.2 Å². The Morgan fingerprint density at radius 2 is 1.81 bits per heavy atom. The first kappa shape index (κ1) is 23.5. The summed E-state index contributed by atoms with van der Waals surface area (Å²) in [5.41, 5.74) is 1.54. The summed E-state index contributed by atoms with van der Waals surface area (Å²) in [6, 6.07) is 7.12. The van der Waals surface area contributed by atoms with Crippen molar-refractivity contribution in [3.8, 4) is 0 Å². The summed E-state index contributed by atoms with van der Waals surface area (Å²) in [6.45, 7) is 6.14. The molecule has 0 aliphatic heterocycles. The van der Waals surface area contributed by atoms with Gasteiger partial charge in [-0.1, -0.05) is 35.4 Å². The van der Waals surface area contributed by atoms with Crippen LogP contribution < -0.4 is 5.43 Å². The summed E-state index contributed by atoms with van der Waals surface area (Å²) in [4.78, 5) is 27.0. The second-order valence-corrected chi connectivity index (χ2v) is 8.45. The molecule has 0 saturated heterocycles. The summed E-state index contributed by atoms with van der Waals surface area (Å²) < 4.78 is 12.9. The van der Waals surface area contributed by atoms with Gasteiger partial charge in [0.15, 0.2) is 11.4 Å². The van der Waals surface area contributed by atoms with Crippen LogP contribution in [0.15, 0.2) is 58.1 Å². The minimum absolute atomic E-state index is 0.0418. The van der Waals surface area contributed by atoms with E-state index in [0.29, 0.717) is 16.6 Å². The van der Waals surface area contributed by atoms with Gasteiger partial charge in [0.05, 0.1) is 23.9 Å². The molecule has 1 aliphatic carbocycles. The van der Waals surface area contributed by atoms with E-state index in [1.165, 1.54) is 19.8 Å². The molecule has 6 nitrogen and oxygen atoms in total. The number of para-hydroxylation sites is 1. The molecule has 0 saturated carbocycles. The molecule has 170 valence electrons. The lowest BCUT2D eigenvalue weighted by Gasteiger charge is -2.37. The smallest absolute Gasteiger partial charge is 0.239 e. The minimum atomic E-state index is -1.50. The number of aliphatic hydroxyl groups excluding tert-OH is 1. The maximum atomic E-state index is 13.6. The summed E-state index contributed by atoms with van der Waals surface area (Å²) in [6.07, 6.45) is 6.11. The quantitative estimate of drug-likeness (QED) is 0.622. The van der Waals surface area contributed by atoms with E-state index in [2.05, 4.69) is 19.9 Å². The lowest BCUT2D eigenvalue weighted by Crippen LogP contribution is -2.46. The molecule has 0 amide bonds. The van der Waals surface area contributed by atoms with Gasteiger partial charge in [-0.25, -0.2) is 0 Å². The standard InChI is InChI=1S/C26H31NO5/c1-16(2)10-9-11-17(3)14-15-26(32-6)24-20(22(29)23(31-5)25(26)30)21(28)18-12-7-8-13-19(18)27(24)4/h7-8,10,12-14,29H,9,11,15H2,1-6H3. The molecule has 1 aliphatic rings. The number of allylic oxidation sites excluding steroid dienone is 3. The van der Waals surface area contributed by atoms with E-state index in [1.54, 1.807) is 23.7 Å². The fourth-order valence-electron chi connectivity index (χ4n) is 4.35. The average Bonchev–Trinajstić information content (AvgIpc) is 2.77. The van der Waals surface area contributed by atoms with Crippen molar-refractivity contribution in [1.82, 2.24) is 4.57 Å². The third-order valence-corrected chi connectivity index (χ3v) is 6.10. The number of methoxy groups -OCH3 is 2. The maximum absolute atomic E-state index is 13.6. The first-order chi connectivity index (χ1) is 15.2. The molecule has 1 N–H and O–H groups in total. The van der Waals surface area contributed by atoms with E-state index in [9.17, 15) is 14.7 Å². The number of rotatable bonds is 7. The highest BCUT2D eigenvalue weighted by molar-refractivity contribution is 6.09. The Hall–Kier alpha value is -3.12. The van der Waals surface area contributed by atoms with Crippen molar-refractivity contribution < 1.29 is 19.4 Å². The molecule has 0 fully saturated rings. The van der Waals surface area contributed by atoms with Crippen LogP contribution in [0.2, 0.25) is 0 Å². The topological polar surface area (TPSA) is 77.8 Å². The van der Waals surface area contributed by atoms with Crippen LogP contribution in [0.25, 0.3) is 16.7 Å². The molecule has 3 rings (SSSR count). The number of aromatic nitrogens is 1. The fourth-order valence-corrected chi connectivity index (χ4v) is 4.35. The molecule has 1 aromatic carbocycles.